The first-order valence-electron chi connectivity index (χ1n) is 7.79. The lowest BCUT2D eigenvalue weighted by Gasteiger charge is -2.29. The van der Waals surface area contributed by atoms with E-state index in [1.807, 2.05) is 6.20 Å². The summed E-state index contributed by atoms with van der Waals surface area (Å²) in [6, 6.07) is 3.75. The van der Waals surface area contributed by atoms with Crippen LogP contribution in [0.2, 0.25) is 0 Å². The third kappa shape index (κ3) is 2.21. The minimum absolute atomic E-state index is 0.681. The molecule has 4 nitrogen and oxygen atoms in total. The van der Waals surface area contributed by atoms with Crippen molar-refractivity contribution in [3.63, 3.8) is 0 Å². The lowest BCUT2D eigenvalue weighted by atomic mass is 10.1. The van der Waals surface area contributed by atoms with Crippen molar-refractivity contribution in [3.05, 3.63) is 24.0 Å². The van der Waals surface area contributed by atoms with Gasteiger partial charge in [-0.3, -0.25) is 4.98 Å². The maximum absolute atomic E-state index is 5.18. The van der Waals surface area contributed by atoms with Crippen LogP contribution < -0.4 is 10.2 Å². The SMILES string of the molecule is COCC[C@@H]1C[C@H]1c1cncc(N2C[C@@H]3C[C@H]2CN3)c1. The molecule has 2 bridgehead atoms. The summed E-state index contributed by atoms with van der Waals surface area (Å²) in [5.41, 5.74) is 2.76. The minimum Gasteiger partial charge on any atom is -0.385 e. The fraction of sp³-hybridized carbons (Fsp3) is 0.688. The number of nitrogens with one attached hydrogen (secondary N) is 1. The van der Waals surface area contributed by atoms with Crippen LogP contribution >= 0.6 is 0 Å². The summed E-state index contributed by atoms with van der Waals surface area (Å²) in [7, 11) is 1.79. The third-order valence-corrected chi connectivity index (χ3v) is 5.18. The van der Waals surface area contributed by atoms with E-state index < -0.39 is 0 Å². The molecule has 1 N–H and O–H groups in total. The average Bonchev–Trinajstić information content (AvgIpc) is 2.94. The highest BCUT2D eigenvalue weighted by molar-refractivity contribution is 5.51. The number of ether oxygens (including phenoxy) is 1. The Balaban J connectivity index is 1.46. The molecule has 1 aliphatic carbocycles. The van der Waals surface area contributed by atoms with Crippen molar-refractivity contribution in [1.29, 1.82) is 0 Å². The van der Waals surface area contributed by atoms with Gasteiger partial charge in [-0.05, 0) is 42.7 Å². The van der Waals surface area contributed by atoms with Crippen molar-refractivity contribution in [2.45, 2.75) is 37.3 Å². The van der Waals surface area contributed by atoms with Crippen molar-refractivity contribution >= 4 is 5.69 Å². The fourth-order valence-corrected chi connectivity index (χ4v) is 3.93. The third-order valence-electron chi connectivity index (χ3n) is 5.18. The van der Waals surface area contributed by atoms with Crippen molar-refractivity contribution in [1.82, 2.24) is 10.3 Å². The molecule has 3 heterocycles. The molecule has 0 spiro atoms. The van der Waals surface area contributed by atoms with Crippen LogP contribution in [0.4, 0.5) is 5.69 Å². The van der Waals surface area contributed by atoms with Gasteiger partial charge in [-0.15, -0.1) is 0 Å². The van der Waals surface area contributed by atoms with Gasteiger partial charge in [0.1, 0.15) is 0 Å². The molecule has 4 heteroatoms. The molecule has 108 valence electrons. The zero-order valence-electron chi connectivity index (χ0n) is 12.1. The van der Waals surface area contributed by atoms with Crippen LogP contribution in [0, 0.1) is 5.92 Å². The number of hydrogen-bond donors (Lipinski definition) is 1. The molecular formula is C16H23N3O. The van der Waals surface area contributed by atoms with E-state index in [1.54, 1.807) is 7.11 Å². The number of aromatic nitrogens is 1. The number of anilines is 1. The van der Waals surface area contributed by atoms with Gasteiger partial charge in [0.05, 0.1) is 11.9 Å². The van der Waals surface area contributed by atoms with Crippen LogP contribution in [0.25, 0.3) is 0 Å². The van der Waals surface area contributed by atoms with E-state index in [-0.39, 0.29) is 0 Å². The molecule has 3 aliphatic rings. The van der Waals surface area contributed by atoms with Gasteiger partial charge in [0, 0.05) is 45.1 Å². The second kappa shape index (κ2) is 5.01. The van der Waals surface area contributed by atoms with Crippen LogP contribution in [0.3, 0.4) is 0 Å². The molecule has 1 aromatic heterocycles. The molecule has 4 rings (SSSR count). The number of piperazine rings is 1. The molecule has 4 atom stereocenters. The lowest BCUT2D eigenvalue weighted by molar-refractivity contribution is 0.189. The van der Waals surface area contributed by atoms with Gasteiger partial charge in [0.25, 0.3) is 0 Å². The zero-order valence-corrected chi connectivity index (χ0v) is 12.1. The largest absolute Gasteiger partial charge is 0.385 e. The molecule has 0 radical (unpaired) electrons. The Morgan fingerprint density at radius 2 is 2.35 bits per heavy atom. The van der Waals surface area contributed by atoms with Gasteiger partial charge in [-0.1, -0.05) is 0 Å². The average molecular weight is 273 g/mol. The predicted molar refractivity (Wildman–Crippen MR) is 79.1 cm³/mol. The Bertz CT molecular complexity index is 492. The van der Waals surface area contributed by atoms with E-state index in [9.17, 15) is 0 Å². The molecule has 0 aromatic carbocycles. The monoisotopic (exact) mass is 273 g/mol. The normalized spacial score (nSPS) is 34.8. The number of pyridine rings is 1. The van der Waals surface area contributed by atoms with Gasteiger partial charge >= 0.3 is 0 Å². The first kappa shape index (κ1) is 12.6. The zero-order chi connectivity index (χ0) is 13.5. The molecule has 0 amide bonds. The topological polar surface area (TPSA) is 37.4 Å². The highest BCUT2D eigenvalue weighted by atomic mass is 16.5. The van der Waals surface area contributed by atoms with Crippen LogP contribution in [0.1, 0.15) is 30.7 Å². The maximum Gasteiger partial charge on any atom is 0.0559 e. The molecule has 2 aliphatic heterocycles. The van der Waals surface area contributed by atoms with E-state index >= 15 is 0 Å². The quantitative estimate of drug-likeness (QED) is 0.887. The highest BCUT2D eigenvalue weighted by Crippen LogP contribution is 2.50. The summed E-state index contributed by atoms with van der Waals surface area (Å²) >= 11 is 0. The van der Waals surface area contributed by atoms with Crippen LogP contribution in [-0.2, 0) is 4.74 Å². The standard InChI is InChI=1S/C16H23N3O/c1-20-3-2-11-5-16(11)12-4-14(8-17-7-12)19-10-13-6-15(19)9-18-13/h4,7-8,11,13,15-16,18H,2-3,5-6,9-10H2,1H3/t11-,13+,15+,16-/m1/s1. The molecule has 0 unspecified atom stereocenters. The number of nitrogens with zero attached hydrogens (tertiary/aromatic N) is 2. The van der Waals surface area contributed by atoms with Crippen molar-refractivity contribution in [2.75, 3.05) is 31.7 Å². The second-order valence-corrected chi connectivity index (χ2v) is 6.51. The van der Waals surface area contributed by atoms with E-state index in [1.165, 1.54) is 30.5 Å². The summed E-state index contributed by atoms with van der Waals surface area (Å²) in [6.07, 6.45) is 7.89. The van der Waals surface area contributed by atoms with E-state index in [0.717, 1.165) is 31.5 Å². The number of methoxy groups -OCH3 is 1. The molecule has 3 fully saturated rings. The first-order chi connectivity index (χ1) is 9.85. The summed E-state index contributed by atoms with van der Waals surface area (Å²) < 4.78 is 5.18. The predicted octanol–water partition coefficient (Wildman–Crippen LogP) is 1.77. The van der Waals surface area contributed by atoms with Crippen molar-refractivity contribution < 1.29 is 4.74 Å². The van der Waals surface area contributed by atoms with E-state index in [4.69, 9.17) is 4.74 Å². The van der Waals surface area contributed by atoms with Crippen LogP contribution in [0.5, 0.6) is 0 Å². The Morgan fingerprint density at radius 1 is 1.40 bits per heavy atom. The van der Waals surface area contributed by atoms with Crippen molar-refractivity contribution in [2.24, 2.45) is 5.92 Å². The van der Waals surface area contributed by atoms with Crippen LogP contribution in [0.15, 0.2) is 18.5 Å². The number of rotatable bonds is 5. The second-order valence-electron chi connectivity index (χ2n) is 6.51. The Hall–Kier alpha value is -1.13. The van der Waals surface area contributed by atoms with Gasteiger partial charge < -0.3 is 15.0 Å². The lowest BCUT2D eigenvalue weighted by Crippen LogP contribution is -2.43. The van der Waals surface area contributed by atoms with Gasteiger partial charge in [0.15, 0.2) is 0 Å². The van der Waals surface area contributed by atoms with Gasteiger partial charge in [0.2, 0.25) is 0 Å². The molecule has 20 heavy (non-hydrogen) atoms. The number of hydrogen-bond acceptors (Lipinski definition) is 4. The molecule has 2 saturated heterocycles. The summed E-state index contributed by atoms with van der Waals surface area (Å²) in [4.78, 5) is 7.04. The Kier molecular flexibility index (Phi) is 3.15. The Labute approximate surface area is 120 Å². The molecular weight excluding hydrogens is 250 g/mol. The van der Waals surface area contributed by atoms with E-state index in [0.29, 0.717) is 12.1 Å². The minimum atomic E-state index is 0.681. The summed E-state index contributed by atoms with van der Waals surface area (Å²) in [5.74, 6) is 1.53. The Morgan fingerprint density at radius 3 is 3.10 bits per heavy atom. The maximum atomic E-state index is 5.18. The van der Waals surface area contributed by atoms with Crippen LogP contribution in [-0.4, -0.2) is 43.9 Å². The number of fused-ring (bicyclic) bond motifs is 2. The first-order valence-corrected chi connectivity index (χ1v) is 7.79. The van der Waals surface area contributed by atoms with Crippen molar-refractivity contribution in [3.8, 4) is 0 Å². The summed E-state index contributed by atoms with van der Waals surface area (Å²) in [5, 5.41) is 3.56. The molecule has 1 aromatic rings. The smallest absolute Gasteiger partial charge is 0.0559 e. The molecule has 1 saturated carbocycles. The van der Waals surface area contributed by atoms with Gasteiger partial charge in [-0.25, -0.2) is 0 Å². The fourth-order valence-electron chi connectivity index (χ4n) is 3.93. The van der Waals surface area contributed by atoms with E-state index in [2.05, 4.69) is 27.5 Å². The van der Waals surface area contributed by atoms with Gasteiger partial charge in [-0.2, -0.15) is 0 Å². The summed E-state index contributed by atoms with van der Waals surface area (Å²) in [6.45, 7) is 3.16. The highest BCUT2D eigenvalue weighted by Gasteiger charge is 2.40.